The van der Waals surface area contributed by atoms with Crippen molar-refractivity contribution in [3.63, 3.8) is 0 Å². The van der Waals surface area contributed by atoms with Crippen LogP contribution >= 0.6 is 0 Å². The molecule has 0 amide bonds. The number of nitrogens with zero attached hydrogens (tertiary/aromatic N) is 5. The average Bonchev–Trinajstić information content (AvgIpc) is 3.18. The highest BCUT2D eigenvalue weighted by Crippen LogP contribution is 2.25. The summed E-state index contributed by atoms with van der Waals surface area (Å²) in [6.07, 6.45) is 4.31. The van der Waals surface area contributed by atoms with Crippen molar-refractivity contribution in [2.24, 2.45) is 0 Å². The number of pyridine rings is 1. The van der Waals surface area contributed by atoms with Crippen LogP contribution < -0.4 is 4.74 Å². The Balaban J connectivity index is 1.68. The van der Waals surface area contributed by atoms with Gasteiger partial charge in [0.15, 0.2) is 5.82 Å². The number of para-hydroxylation sites is 2. The molecule has 3 aromatic rings. The van der Waals surface area contributed by atoms with Crippen molar-refractivity contribution in [2.45, 2.75) is 6.42 Å². The largest absolute Gasteiger partial charge is 0.494 e. The van der Waals surface area contributed by atoms with Gasteiger partial charge in [0.05, 0.1) is 20.3 Å². The van der Waals surface area contributed by atoms with Crippen LogP contribution in [0.4, 0.5) is 0 Å². The van der Waals surface area contributed by atoms with Gasteiger partial charge in [0.25, 0.3) is 0 Å². The Kier molecular flexibility index (Phi) is 5.41. The van der Waals surface area contributed by atoms with E-state index in [0.717, 1.165) is 62.1 Å². The van der Waals surface area contributed by atoms with E-state index in [0.29, 0.717) is 5.82 Å². The zero-order valence-corrected chi connectivity index (χ0v) is 15.4. The molecule has 7 nitrogen and oxygen atoms in total. The molecule has 1 fully saturated rings. The first-order valence-corrected chi connectivity index (χ1v) is 9.15. The normalized spacial score (nSPS) is 15.0. The van der Waals surface area contributed by atoms with E-state index >= 15 is 0 Å². The maximum absolute atomic E-state index is 5.54. The van der Waals surface area contributed by atoms with Gasteiger partial charge in [-0.1, -0.05) is 12.1 Å². The summed E-state index contributed by atoms with van der Waals surface area (Å²) in [5, 5.41) is 4.78. The lowest BCUT2D eigenvalue weighted by molar-refractivity contribution is 0.0382. The van der Waals surface area contributed by atoms with Gasteiger partial charge in [0.2, 0.25) is 0 Å². The van der Waals surface area contributed by atoms with Gasteiger partial charge in [-0.25, -0.2) is 9.67 Å². The van der Waals surface area contributed by atoms with Gasteiger partial charge in [-0.2, -0.15) is 0 Å². The molecule has 0 aliphatic carbocycles. The molecule has 27 heavy (non-hydrogen) atoms. The molecule has 7 heteroatoms. The Morgan fingerprint density at radius 3 is 2.63 bits per heavy atom. The first-order chi connectivity index (χ1) is 13.3. The maximum atomic E-state index is 5.54. The average molecular weight is 365 g/mol. The smallest absolute Gasteiger partial charge is 0.181 e. The molecule has 2 aromatic heterocycles. The van der Waals surface area contributed by atoms with Crippen LogP contribution in [0.2, 0.25) is 0 Å². The Labute approximate surface area is 158 Å². The van der Waals surface area contributed by atoms with Gasteiger partial charge >= 0.3 is 0 Å². The summed E-state index contributed by atoms with van der Waals surface area (Å²) >= 11 is 0. The summed E-state index contributed by atoms with van der Waals surface area (Å²) < 4.78 is 12.9. The molecule has 1 aliphatic rings. The van der Waals surface area contributed by atoms with E-state index in [1.54, 1.807) is 19.5 Å². The molecule has 140 valence electrons. The van der Waals surface area contributed by atoms with Gasteiger partial charge in [-0.3, -0.25) is 9.88 Å². The summed E-state index contributed by atoms with van der Waals surface area (Å²) in [5.41, 5.74) is 1.84. The molecule has 0 unspecified atom stereocenters. The summed E-state index contributed by atoms with van der Waals surface area (Å²) in [4.78, 5) is 11.3. The fourth-order valence-corrected chi connectivity index (χ4v) is 3.21. The second kappa shape index (κ2) is 8.28. The monoisotopic (exact) mass is 365 g/mol. The molecule has 0 saturated carbocycles. The molecule has 4 rings (SSSR count). The van der Waals surface area contributed by atoms with Crippen LogP contribution in [0.25, 0.3) is 17.1 Å². The lowest BCUT2D eigenvalue weighted by atomic mass is 10.2. The third-order valence-electron chi connectivity index (χ3n) is 4.68. The van der Waals surface area contributed by atoms with Crippen LogP contribution in [-0.2, 0) is 11.2 Å². The maximum Gasteiger partial charge on any atom is 0.181 e. The van der Waals surface area contributed by atoms with Gasteiger partial charge in [0.1, 0.15) is 17.3 Å². The van der Waals surface area contributed by atoms with E-state index in [9.17, 15) is 0 Å². The third kappa shape index (κ3) is 3.99. The number of aromatic nitrogens is 4. The molecule has 1 aromatic carbocycles. The van der Waals surface area contributed by atoms with Crippen molar-refractivity contribution in [1.82, 2.24) is 24.6 Å². The van der Waals surface area contributed by atoms with Gasteiger partial charge in [-0.05, 0) is 24.3 Å². The van der Waals surface area contributed by atoms with Crippen LogP contribution in [0.15, 0.2) is 48.8 Å². The van der Waals surface area contributed by atoms with Crippen molar-refractivity contribution < 1.29 is 9.47 Å². The lowest BCUT2D eigenvalue weighted by Gasteiger charge is -2.26. The van der Waals surface area contributed by atoms with Crippen molar-refractivity contribution in [3.05, 3.63) is 54.6 Å². The van der Waals surface area contributed by atoms with Gasteiger partial charge < -0.3 is 9.47 Å². The molecular formula is C20H23N5O2. The molecular weight excluding hydrogens is 342 g/mol. The number of methoxy groups -OCH3 is 1. The number of rotatable bonds is 6. The van der Waals surface area contributed by atoms with Crippen LogP contribution in [0, 0.1) is 0 Å². The number of ether oxygens (including phenoxy) is 2. The summed E-state index contributed by atoms with van der Waals surface area (Å²) in [6, 6.07) is 11.7. The Morgan fingerprint density at radius 2 is 1.85 bits per heavy atom. The first-order valence-electron chi connectivity index (χ1n) is 9.15. The third-order valence-corrected chi connectivity index (χ3v) is 4.68. The van der Waals surface area contributed by atoms with E-state index < -0.39 is 0 Å². The van der Waals surface area contributed by atoms with Crippen LogP contribution in [-0.4, -0.2) is 64.6 Å². The first kappa shape index (κ1) is 17.6. The van der Waals surface area contributed by atoms with Crippen molar-refractivity contribution in [2.75, 3.05) is 40.0 Å². The van der Waals surface area contributed by atoms with E-state index in [-0.39, 0.29) is 0 Å². The van der Waals surface area contributed by atoms with E-state index in [1.165, 1.54) is 0 Å². The fraction of sp³-hybridized carbons (Fsp3) is 0.350. The van der Waals surface area contributed by atoms with Crippen LogP contribution in [0.3, 0.4) is 0 Å². The second-order valence-corrected chi connectivity index (χ2v) is 6.38. The number of morpholine rings is 1. The predicted molar refractivity (Wildman–Crippen MR) is 102 cm³/mol. The Hall–Kier alpha value is -2.77. The minimum absolute atomic E-state index is 0.695. The van der Waals surface area contributed by atoms with Gasteiger partial charge in [0, 0.05) is 44.0 Å². The fourth-order valence-electron chi connectivity index (χ4n) is 3.21. The van der Waals surface area contributed by atoms with Crippen LogP contribution in [0.5, 0.6) is 5.75 Å². The number of hydrogen-bond acceptors (Lipinski definition) is 6. The van der Waals surface area contributed by atoms with E-state index in [1.807, 2.05) is 41.1 Å². The van der Waals surface area contributed by atoms with E-state index in [2.05, 4.69) is 9.88 Å². The van der Waals surface area contributed by atoms with E-state index in [4.69, 9.17) is 19.6 Å². The Bertz CT molecular complexity index is 875. The lowest BCUT2D eigenvalue weighted by Crippen LogP contribution is -2.37. The predicted octanol–water partition coefficient (Wildman–Crippen LogP) is 2.21. The molecule has 3 heterocycles. The zero-order chi connectivity index (χ0) is 18.5. The highest BCUT2D eigenvalue weighted by atomic mass is 16.5. The summed E-state index contributed by atoms with van der Waals surface area (Å²) in [7, 11) is 1.67. The second-order valence-electron chi connectivity index (χ2n) is 6.38. The summed E-state index contributed by atoms with van der Waals surface area (Å²) in [5.74, 6) is 2.38. The van der Waals surface area contributed by atoms with Crippen molar-refractivity contribution in [3.8, 4) is 22.8 Å². The number of benzene rings is 1. The number of hydrogen-bond donors (Lipinski definition) is 0. The van der Waals surface area contributed by atoms with Crippen molar-refractivity contribution in [1.29, 1.82) is 0 Å². The molecule has 1 aliphatic heterocycles. The zero-order valence-electron chi connectivity index (χ0n) is 15.4. The molecule has 0 N–H and O–H groups in total. The molecule has 0 atom stereocenters. The molecule has 0 bridgehead atoms. The topological polar surface area (TPSA) is 65.3 Å². The molecule has 0 spiro atoms. The quantitative estimate of drug-likeness (QED) is 0.667. The standard InChI is InChI=1S/C20H23N5O2/c1-26-18-5-3-2-4-17(18)25-19(8-11-24-12-14-27-15-13-24)22-20(23-25)16-6-9-21-10-7-16/h2-7,9-10H,8,11-15H2,1H3. The molecule has 0 radical (unpaired) electrons. The Morgan fingerprint density at radius 1 is 1.07 bits per heavy atom. The highest BCUT2D eigenvalue weighted by molar-refractivity contribution is 5.55. The summed E-state index contributed by atoms with van der Waals surface area (Å²) in [6.45, 7) is 4.43. The van der Waals surface area contributed by atoms with Crippen molar-refractivity contribution >= 4 is 0 Å². The minimum atomic E-state index is 0.695. The minimum Gasteiger partial charge on any atom is -0.494 e. The van der Waals surface area contributed by atoms with Crippen LogP contribution in [0.1, 0.15) is 5.82 Å². The van der Waals surface area contributed by atoms with Gasteiger partial charge in [-0.15, -0.1) is 5.10 Å². The molecule has 1 saturated heterocycles. The highest BCUT2D eigenvalue weighted by Gasteiger charge is 2.18. The SMILES string of the molecule is COc1ccccc1-n1nc(-c2ccncc2)nc1CCN1CCOCC1.